The summed E-state index contributed by atoms with van der Waals surface area (Å²) in [5.74, 6) is -0.121. The highest BCUT2D eigenvalue weighted by atomic mass is 79.9. The number of halogens is 3. The summed E-state index contributed by atoms with van der Waals surface area (Å²) in [6, 6.07) is 11.6. The number of nitrogens with zero attached hydrogens (tertiary/aromatic N) is 2. The number of hydrogen-bond acceptors (Lipinski definition) is 3. The van der Waals surface area contributed by atoms with Gasteiger partial charge in [-0.05, 0) is 30.3 Å². The monoisotopic (exact) mass is 476 g/mol. The fourth-order valence-electron chi connectivity index (χ4n) is 2.76. The molecule has 9 heteroatoms. The van der Waals surface area contributed by atoms with Crippen LogP contribution in [0.4, 0.5) is 0 Å². The van der Waals surface area contributed by atoms with Crippen LogP contribution in [0.2, 0.25) is 10.0 Å². The first-order valence-corrected chi connectivity index (χ1v) is 10.8. The van der Waals surface area contributed by atoms with Gasteiger partial charge in [-0.15, -0.1) is 0 Å². The van der Waals surface area contributed by atoms with Crippen molar-refractivity contribution in [3.63, 3.8) is 0 Å². The van der Waals surface area contributed by atoms with Crippen molar-refractivity contribution in [3.8, 4) is 0 Å². The zero-order valence-corrected chi connectivity index (χ0v) is 17.4. The molecule has 0 aromatic heterocycles. The van der Waals surface area contributed by atoms with Crippen LogP contribution in [0, 0.1) is 0 Å². The van der Waals surface area contributed by atoms with Crippen LogP contribution in [0.25, 0.3) is 0 Å². The van der Waals surface area contributed by atoms with E-state index < -0.39 is 10.0 Å². The molecule has 1 fully saturated rings. The van der Waals surface area contributed by atoms with Crippen molar-refractivity contribution >= 4 is 55.1 Å². The number of hydrogen-bond donors (Lipinski definition) is 0. The van der Waals surface area contributed by atoms with Gasteiger partial charge in [-0.3, -0.25) is 4.79 Å². The van der Waals surface area contributed by atoms with Crippen molar-refractivity contribution in [2.45, 2.75) is 4.90 Å². The van der Waals surface area contributed by atoms with Crippen LogP contribution >= 0.6 is 39.1 Å². The Morgan fingerprint density at radius 1 is 1.00 bits per heavy atom. The first-order valence-electron chi connectivity index (χ1n) is 7.80. The van der Waals surface area contributed by atoms with Crippen LogP contribution in [0.1, 0.15) is 10.4 Å². The molecule has 2 aromatic carbocycles. The van der Waals surface area contributed by atoms with E-state index in [2.05, 4.69) is 15.9 Å². The maximum Gasteiger partial charge on any atom is 0.253 e. The Labute approximate surface area is 170 Å². The third-order valence-electron chi connectivity index (χ3n) is 4.13. The minimum Gasteiger partial charge on any atom is -0.336 e. The van der Waals surface area contributed by atoms with Gasteiger partial charge in [0.15, 0.2) is 0 Å². The number of benzene rings is 2. The molecule has 138 valence electrons. The number of carbonyl (C=O) groups is 1. The molecule has 0 N–H and O–H groups in total. The third kappa shape index (κ3) is 3.92. The Bertz CT molecular complexity index is 945. The molecule has 0 unspecified atom stereocenters. The van der Waals surface area contributed by atoms with E-state index in [1.807, 2.05) is 6.07 Å². The minimum atomic E-state index is -3.76. The first-order chi connectivity index (χ1) is 12.3. The Kier molecular flexibility index (Phi) is 5.94. The van der Waals surface area contributed by atoms with E-state index in [9.17, 15) is 13.2 Å². The maximum absolute atomic E-state index is 12.8. The lowest BCUT2D eigenvalue weighted by Gasteiger charge is -2.34. The van der Waals surface area contributed by atoms with Gasteiger partial charge < -0.3 is 4.90 Å². The average Bonchev–Trinajstić information content (AvgIpc) is 2.63. The lowest BCUT2D eigenvalue weighted by atomic mass is 10.2. The normalized spacial score (nSPS) is 15.9. The molecule has 5 nitrogen and oxygen atoms in total. The second kappa shape index (κ2) is 7.86. The second-order valence-corrected chi connectivity index (χ2v) is 9.37. The zero-order valence-electron chi connectivity index (χ0n) is 13.5. The zero-order chi connectivity index (χ0) is 18.9. The van der Waals surface area contributed by atoms with Crippen LogP contribution < -0.4 is 0 Å². The molecule has 0 atom stereocenters. The van der Waals surface area contributed by atoms with E-state index in [0.717, 1.165) is 4.47 Å². The van der Waals surface area contributed by atoms with Crippen LogP contribution in [-0.2, 0) is 10.0 Å². The minimum absolute atomic E-state index is 0.0153. The summed E-state index contributed by atoms with van der Waals surface area (Å²) in [6.07, 6.45) is 0. The third-order valence-corrected chi connectivity index (χ3v) is 7.50. The van der Waals surface area contributed by atoms with Gasteiger partial charge in [-0.25, -0.2) is 8.42 Å². The lowest BCUT2D eigenvalue weighted by Crippen LogP contribution is -2.50. The second-order valence-electron chi connectivity index (χ2n) is 5.76. The van der Waals surface area contributed by atoms with Gasteiger partial charge in [0.25, 0.3) is 5.91 Å². The predicted octanol–water partition coefficient (Wildman–Crippen LogP) is 3.90. The van der Waals surface area contributed by atoms with Crippen molar-refractivity contribution in [2.75, 3.05) is 26.2 Å². The highest BCUT2D eigenvalue weighted by Gasteiger charge is 2.32. The molecule has 0 radical (unpaired) electrons. The van der Waals surface area contributed by atoms with E-state index in [1.54, 1.807) is 29.2 Å². The summed E-state index contributed by atoms with van der Waals surface area (Å²) >= 11 is 15.3. The van der Waals surface area contributed by atoms with E-state index in [0.29, 0.717) is 18.7 Å². The SMILES string of the molecule is O=C(c1cccc(Br)c1)N1CCN(S(=O)(=O)c2cccc(Cl)c2Cl)CC1. The summed E-state index contributed by atoms with van der Waals surface area (Å²) < 4.78 is 27.8. The largest absolute Gasteiger partial charge is 0.336 e. The number of piperazine rings is 1. The molecule has 0 saturated carbocycles. The van der Waals surface area contributed by atoms with E-state index in [4.69, 9.17) is 23.2 Å². The molecule has 0 spiro atoms. The van der Waals surface area contributed by atoms with Gasteiger partial charge in [-0.1, -0.05) is 51.3 Å². The molecule has 26 heavy (non-hydrogen) atoms. The summed E-state index contributed by atoms with van der Waals surface area (Å²) in [5, 5.41) is 0.206. The topological polar surface area (TPSA) is 57.7 Å². The molecule has 1 aliphatic heterocycles. The molecular weight excluding hydrogens is 463 g/mol. The standard InChI is InChI=1S/C17H15BrCl2N2O3S/c18-13-4-1-3-12(11-13)17(23)21-7-9-22(10-8-21)26(24,25)15-6-2-5-14(19)16(15)20/h1-6,11H,7-10H2. The van der Waals surface area contributed by atoms with Gasteiger partial charge in [0.1, 0.15) is 4.90 Å². The van der Waals surface area contributed by atoms with Crippen molar-refractivity contribution in [1.82, 2.24) is 9.21 Å². The molecule has 0 aliphatic carbocycles. The molecule has 2 aromatic rings. The van der Waals surface area contributed by atoms with E-state index >= 15 is 0 Å². The van der Waals surface area contributed by atoms with Crippen LogP contribution in [0.3, 0.4) is 0 Å². The van der Waals surface area contributed by atoms with Gasteiger partial charge in [0.2, 0.25) is 10.0 Å². The lowest BCUT2D eigenvalue weighted by molar-refractivity contribution is 0.0698. The number of amides is 1. The fraction of sp³-hybridized carbons (Fsp3) is 0.235. The van der Waals surface area contributed by atoms with Gasteiger partial charge in [-0.2, -0.15) is 4.31 Å². The fourth-order valence-corrected chi connectivity index (χ4v) is 5.32. The summed E-state index contributed by atoms with van der Waals surface area (Å²) in [4.78, 5) is 14.2. The Hall–Kier alpha value is -1.12. The van der Waals surface area contributed by atoms with Crippen LogP contribution in [0.15, 0.2) is 51.8 Å². The summed E-state index contributed by atoms with van der Waals surface area (Å²) in [6.45, 7) is 1.02. The van der Waals surface area contributed by atoms with Gasteiger partial charge >= 0.3 is 0 Å². The molecule has 1 amide bonds. The number of rotatable bonds is 3. The van der Waals surface area contributed by atoms with Crippen molar-refractivity contribution < 1.29 is 13.2 Å². The Morgan fingerprint density at radius 3 is 2.31 bits per heavy atom. The number of carbonyl (C=O) groups excluding carboxylic acids is 1. The highest BCUT2D eigenvalue weighted by molar-refractivity contribution is 9.10. The molecule has 0 bridgehead atoms. The van der Waals surface area contributed by atoms with Crippen LogP contribution in [-0.4, -0.2) is 49.7 Å². The quantitative estimate of drug-likeness (QED) is 0.673. The maximum atomic E-state index is 12.8. The predicted molar refractivity (Wildman–Crippen MR) is 105 cm³/mol. The Balaban J connectivity index is 1.74. The average molecular weight is 478 g/mol. The molecule has 3 rings (SSSR count). The van der Waals surface area contributed by atoms with Gasteiger partial charge in [0, 0.05) is 36.2 Å². The first kappa shape index (κ1) is 19.6. The Morgan fingerprint density at radius 2 is 1.65 bits per heavy atom. The van der Waals surface area contributed by atoms with E-state index in [-0.39, 0.29) is 33.9 Å². The molecule has 1 aliphatic rings. The van der Waals surface area contributed by atoms with Crippen molar-refractivity contribution in [2.24, 2.45) is 0 Å². The van der Waals surface area contributed by atoms with Gasteiger partial charge in [0.05, 0.1) is 10.0 Å². The molecule has 1 heterocycles. The van der Waals surface area contributed by atoms with Crippen molar-refractivity contribution in [3.05, 3.63) is 62.5 Å². The summed E-state index contributed by atoms with van der Waals surface area (Å²) in [7, 11) is -3.76. The summed E-state index contributed by atoms with van der Waals surface area (Å²) in [5.41, 5.74) is 0.563. The number of sulfonamides is 1. The van der Waals surface area contributed by atoms with Crippen LogP contribution in [0.5, 0.6) is 0 Å². The molecular formula is C17H15BrCl2N2O3S. The highest BCUT2D eigenvalue weighted by Crippen LogP contribution is 2.31. The van der Waals surface area contributed by atoms with Crippen molar-refractivity contribution in [1.29, 1.82) is 0 Å². The smallest absolute Gasteiger partial charge is 0.253 e. The molecule has 1 saturated heterocycles. The van der Waals surface area contributed by atoms with E-state index in [1.165, 1.54) is 16.4 Å².